The summed E-state index contributed by atoms with van der Waals surface area (Å²) in [5.41, 5.74) is 0.206. The van der Waals surface area contributed by atoms with Crippen LogP contribution in [0, 0.1) is 17.6 Å². The van der Waals surface area contributed by atoms with Gasteiger partial charge < -0.3 is 4.74 Å². The van der Waals surface area contributed by atoms with Crippen molar-refractivity contribution in [3.05, 3.63) is 35.4 Å². The zero-order valence-corrected chi connectivity index (χ0v) is 9.30. The Morgan fingerprint density at radius 2 is 2.12 bits per heavy atom. The standard InChI is InChI=1S/C12H14F2O2/c1-3-8(12(15)16-2)6-9-7-10(13)4-5-11(9)14/h4-5,7-8H,3,6H2,1-2H3. The summed E-state index contributed by atoms with van der Waals surface area (Å²) in [5, 5.41) is 0. The van der Waals surface area contributed by atoms with Crippen molar-refractivity contribution in [1.29, 1.82) is 0 Å². The van der Waals surface area contributed by atoms with Gasteiger partial charge in [-0.1, -0.05) is 6.92 Å². The van der Waals surface area contributed by atoms with Crippen LogP contribution in [0.2, 0.25) is 0 Å². The van der Waals surface area contributed by atoms with Crippen molar-refractivity contribution >= 4 is 5.97 Å². The normalized spacial score (nSPS) is 12.2. The second-order valence-electron chi connectivity index (χ2n) is 3.57. The Balaban J connectivity index is 2.85. The Morgan fingerprint density at radius 1 is 1.44 bits per heavy atom. The van der Waals surface area contributed by atoms with Gasteiger partial charge in [-0.25, -0.2) is 8.78 Å². The number of benzene rings is 1. The van der Waals surface area contributed by atoms with Gasteiger partial charge in [0, 0.05) is 0 Å². The third-order valence-corrected chi connectivity index (χ3v) is 2.50. The van der Waals surface area contributed by atoms with E-state index >= 15 is 0 Å². The third kappa shape index (κ3) is 3.02. The van der Waals surface area contributed by atoms with Crippen LogP contribution in [-0.2, 0) is 16.0 Å². The number of carbonyl (C=O) groups is 1. The first kappa shape index (κ1) is 12.6. The molecular weight excluding hydrogens is 214 g/mol. The van der Waals surface area contributed by atoms with E-state index < -0.39 is 23.5 Å². The Morgan fingerprint density at radius 3 is 2.69 bits per heavy atom. The fourth-order valence-corrected chi connectivity index (χ4v) is 1.53. The van der Waals surface area contributed by atoms with E-state index in [0.29, 0.717) is 6.42 Å². The molecule has 0 saturated carbocycles. The Hall–Kier alpha value is -1.45. The summed E-state index contributed by atoms with van der Waals surface area (Å²) in [6.07, 6.45) is 0.690. The van der Waals surface area contributed by atoms with Crippen LogP contribution >= 0.6 is 0 Å². The summed E-state index contributed by atoms with van der Waals surface area (Å²) < 4.78 is 30.8. The lowest BCUT2D eigenvalue weighted by Crippen LogP contribution is -2.18. The van der Waals surface area contributed by atoms with Crippen molar-refractivity contribution in [2.75, 3.05) is 7.11 Å². The molecule has 0 heterocycles. The largest absolute Gasteiger partial charge is 0.469 e. The molecule has 0 amide bonds. The number of carbonyl (C=O) groups excluding carboxylic acids is 1. The predicted molar refractivity (Wildman–Crippen MR) is 55.9 cm³/mol. The molecule has 16 heavy (non-hydrogen) atoms. The van der Waals surface area contributed by atoms with Gasteiger partial charge in [-0.2, -0.15) is 0 Å². The van der Waals surface area contributed by atoms with Gasteiger partial charge in [0.05, 0.1) is 13.0 Å². The molecule has 0 aliphatic carbocycles. The summed E-state index contributed by atoms with van der Waals surface area (Å²) in [5.74, 6) is -1.83. The van der Waals surface area contributed by atoms with Crippen molar-refractivity contribution in [3.8, 4) is 0 Å². The van der Waals surface area contributed by atoms with Gasteiger partial charge in [0.25, 0.3) is 0 Å². The lowest BCUT2D eigenvalue weighted by Gasteiger charge is -2.12. The Labute approximate surface area is 93.2 Å². The number of esters is 1. The smallest absolute Gasteiger partial charge is 0.308 e. The molecule has 0 saturated heterocycles. The van der Waals surface area contributed by atoms with Crippen LogP contribution in [0.25, 0.3) is 0 Å². The fourth-order valence-electron chi connectivity index (χ4n) is 1.53. The van der Waals surface area contributed by atoms with Crippen LogP contribution in [0.5, 0.6) is 0 Å². The first-order valence-corrected chi connectivity index (χ1v) is 5.10. The van der Waals surface area contributed by atoms with Gasteiger partial charge >= 0.3 is 5.97 Å². The minimum atomic E-state index is -0.504. The highest BCUT2D eigenvalue weighted by Crippen LogP contribution is 2.17. The van der Waals surface area contributed by atoms with Gasteiger partial charge in [0.1, 0.15) is 11.6 Å². The van der Waals surface area contributed by atoms with E-state index in [2.05, 4.69) is 4.74 Å². The summed E-state index contributed by atoms with van der Waals surface area (Å²) in [6, 6.07) is 3.23. The molecular formula is C12H14F2O2. The molecule has 2 nitrogen and oxygen atoms in total. The van der Waals surface area contributed by atoms with Crippen molar-refractivity contribution in [3.63, 3.8) is 0 Å². The average Bonchev–Trinajstić information content (AvgIpc) is 2.29. The highest BCUT2D eigenvalue weighted by atomic mass is 19.1. The molecule has 88 valence electrons. The second-order valence-corrected chi connectivity index (χ2v) is 3.57. The van der Waals surface area contributed by atoms with Crippen LogP contribution in [0.1, 0.15) is 18.9 Å². The van der Waals surface area contributed by atoms with Crippen LogP contribution in [0.3, 0.4) is 0 Å². The minimum Gasteiger partial charge on any atom is -0.469 e. The summed E-state index contributed by atoms with van der Waals surface area (Å²) in [4.78, 5) is 11.3. The number of hydrogen-bond donors (Lipinski definition) is 0. The maximum absolute atomic E-state index is 13.3. The molecule has 0 aliphatic heterocycles. The molecule has 0 bridgehead atoms. The van der Waals surface area contributed by atoms with E-state index in [1.807, 2.05) is 0 Å². The molecule has 1 aromatic rings. The zero-order valence-electron chi connectivity index (χ0n) is 9.30. The monoisotopic (exact) mass is 228 g/mol. The molecule has 4 heteroatoms. The van der Waals surface area contributed by atoms with E-state index in [9.17, 15) is 13.6 Å². The molecule has 0 N–H and O–H groups in total. The number of ether oxygens (including phenoxy) is 1. The van der Waals surface area contributed by atoms with Crippen molar-refractivity contribution in [1.82, 2.24) is 0 Å². The molecule has 0 spiro atoms. The molecule has 0 aliphatic rings. The molecule has 0 fully saturated rings. The summed E-state index contributed by atoms with van der Waals surface area (Å²) in [6.45, 7) is 1.80. The first-order chi connectivity index (χ1) is 7.58. The molecule has 1 atom stereocenters. The van der Waals surface area contributed by atoms with E-state index in [4.69, 9.17) is 0 Å². The first-order valence-electron chi connectivity index (χ1n) is 5.10. The van der Waals surface area contributed by atoms with Crippen LogP contribution in [0.15, 0.2) is 18.2 Å². The summed E-state index contributed by atoms with van der Waals surface area (Å²) >= 11 is 0. The van der Waals surface area contributed by atoms with Gasteiger partial charge in [-0.05, 0) is 36.6 Å². The lowest BCUT2D eigenvalue weighted by molar-refractivity contribution is -0.145. The number of halogens is 2. The number of methoxy groups -OCH3 is 1. The number of hydrogen-bond acceptors (Lipinski definition) is 2. The highest BCUT2D eigenvalue weighted by Gasteiger charge is 2.19. The van der Waals surface area contributed by atoms with Gasteiger partial charge in [0.15, 0.2) is 0 Å². The third-order valence-electron chi connectivity index (χ3n) is 2.50. The van der Waals surface area contributed by atoms with Gasteiger partial charge in [0.2, 0.25) is 0 Å². The molecule has 1 aromatic carbocycles. The second kappa shape index (κ2) is 5.58. The zero-order chi connectivity index (χ0) is 12.1. The maximum Gasteiger partial charge on any atom is 0.308 e. The average molecular weight is 228 g/mol. The number of rotatable bonds is 4. The van der Waals surface area contributed by atoms with Crippen molar-refractivity contribution in [2.45, 2.75) is 19.8 Å². The van der Waals surface area contributed by atoms with E-state index in [0.717, 1.165) is 18.2 Å². The van der Waals surface area contributed by atoms with E-state index in [1.165, 1.54) is 7.11 Å². The van der Waals surface area contributed by atoms with E-state index in [-0.39, 0.29) is 12.0 Å². The van der Waals surface area contributed by atoms with Crippen LogP contribution < -0.4 is 0 Å². The quantitative estimate of drug-likeness (QED) is 0.740. The van der Waals surface area contributed by atoms with Crippen LogP contribution in [-0.4, -0.2) is 13.1 Å². The Kier molecular flexibility index (Phi) is 4.40. The topological polar surface area (TPSA) is 26.3 Å². The molecule has 1 unspecified atom stereocenters. The van der Waals surface area contributed by atoms with E-state index in [1.54, 1.807) is 6.92 Å². The van der Waals surface area contributed by atoms with Crippen molar-refractivity contribution in [2.24, 2.45) is 5.92 Å². The van der Waals surface area contributed by atoms with Crippen molar-refractivity contribution < 1.29 is 18.3 Å². The predicted octanol–water partition coefficient (Wildman–Crippen LogP) is 2.71. The van der Waals surface area contributed by atoms with Gasteiger partial charge in [-0.15, -0.1) is 0 Å². The lowest BCUT2D eigenvalue weighted by atomic mass is 9.96. The maximum atomic E-state index is 13.3. The minimum absolute atomic E-state index is 0.159. The Bertz CT molecular complexity index is 377. The highest BCUT2D eigenvalue weighted by molar-refractivity contribution is 5.72. The molecule has 0 radical (unpaired) electrons. The molecule has 0 aromatic heterocycles. The fraction of sp³-hybridized carbons (Fsp3) is 0.417. The molecule has 1 rings (SSSR count). The summed E-state index contributed by atoms with van der Waals surface area (Å²) in [7, 11) is 1.28. The van der Waals surface area contributed by atoms with Crippen LogP contribution in [0.4, 0.5) is 8.78 Å². The SMILES string of the molecule is CCC(Cc1cc(F)ccc1F)C(=O)OC. The van der Waals surface area contributed by atoms with Gasteiger partial charge in [-0.3, -0.25) is 4.79 Å².